The molecule has 1 aromatic rings. The maximum atomic E-state index is 11.5. The minimum atomic E-state index is -1.02. The van der Waals surface area contributed by atoms with Gasteiger partial charge in [0.05, 0.1) is 12.2 Å². The Hall–Kier alpha value is -2.11. The number of aromatic nitrogens is 1. The topological polar surface area (TPSA) is 88.5 Å². The van der Waals surface area contributed by atoms with E-state index in [0.29, 0.717) is 18.0 Å². The molecule has 1 unspecified atom stereocenters. The lowest BCUT2D eigenvalue weighted by Crippen LogP contribution is -2.45. The van der Waals surface area contributed by atoms with Crippen LogP contribution in [0.2, 0.25) is 0 Å². The Morgan fingerprint density at radius 3 is 2.65 bits per heavy atom. The molecule has 108 valence electrons. The van der Waals surface area contributed by atoms with Gasteiger partial charge >= 0.3 is 11.9 Å². The van der Waals surface area contributed by atoms with Crippen molar-refractivity contribution in [3.8, 4) is 0 Å². The van der Waals surface area contributed by atoms with Gasteiger partial charge in [-0.25, -0.2) is 14.6 Å². The fourth-order valence-electron chi connectivity index (χ4n) is 2.06. The fraction of sp³-hybridized carbons (Fsp3) is 0.500. The minimum absolute atomic E-state index is 0.117. The first kappa shape index (κ1) is 14.3. The predicted molar refractivity (Wildman–Crippen MR) is 72.6 cm³/mol. The number of nitrogens with zero attached hydrogens (tertiary/aromatic N) is 1. The molecule has 1 saturated carbocycles. The summed E-state index contributed by atoms with van der Waals surface area (Å²) < 4.78 is 4.86. The molecule has 6 heteroatoms. The third-order valence-corrected chi connectivity index (χ3v) is 3.50. The van der Waals surface area contributed by atoms with Crippen LogP contribution in [0.1, 0.15) is 37.0 Å². The molecule has 1 fully saturated rings. The number of anilines is 1. The van der Waals surface area contributed by atoms with Crippen molar-refractivity contribution in [2.45, 2.75) is 32.2 Å². The van der Waals surface area contributed by atoms with E-state index in [0.717, 1.165) is 12.8 Å². The Morgan fingerprint density at radius 2 is 2.20 bits per heavy atom. The van der Waals surface area contributed by atoms with Crippen LogP contribution in [-0.4, -0.2) is 34.2 Å². The van der Waals surface area contributed by atoms with Crippen LogP contribution >= 0.6 is 0 Å². The number of carboxylic acids is 1. The molecule has 2 rings (SSSR count). The van der Waals surface area contributed by atoms with Crippen LogP contribution in [-0.2, 0) is 9.53 Å². The highest BCUT2D eigenvalue weighted by molar-refractivity contribution is 5.89. The van der Waals surface area contributed by atoms with Gasteiger partial charge in [-0.1, -0.05) is 0 Å². The van der Waals surface area contributed by atoms with Crippen LogP contribution in [0.5, 0.6) is 0 Å². The smallest absolute Gasteiger partial charge is 0.339 e. The second-order valence-corrected chi connectivity index (χ2v) is 5.06. The van der Waals surface area contributed by atoms with E-state index in [1.807, 2.05) is 0 Å². The minimum Gasteiger partial charge on any atom is -0.480 e. The van der Waals surface area contributed by atoms with E-state index in [9.17, 15) is 14.7 Å². The zero-order chi connectivity index (χ0) is 14.8. The first-order valence-corrected chi connectivity index (χ1v) is 6.62. The number of hydrogen-bond donors (Lipinski definition) is 2. The molecule has 2 N–H and O–H groups in total. The average Bonchev–Trinajstić information content (AvgIpc) is 3.24. The Kier molecular flexibility index (Phi) is 3.92. The van der Waals surface area contributed by atoms with E-state index in [2.05, 4.69) is 10.3 Å². The van der Waals surface area contributed by atoms with E-state index in [1.54, 1.807) is 26.0 Å². The predicted octanol–water partition coefficient (Wildman–Crippen LogP) is 1.92. The Morgan fingerprint density at radius 1 is 1.50 bits per heavy atom. The largest absolute Gasteiger partial charge is 0.480 e. The number of hydrogen-bond acceptors (Lipinski definition) is 5. The third-order valence-electron chi connectivity index (χ3n) is 3.50. The van der Waals surface area contributed by atoms with Crippen molar-refractivity contribution in [1.82, 2.24) is 4.98 Å². The summed E-state index contributed by atoms with van der Waals surface area (Å²) in [6, 6.07) is 3.16. The highest BCUT2D eigenvalue weighted by Gasteiger charge is 2.47. The number of carbonyl (C=O) groups is 2. The first-order chi connectivity index (χ1) is 9.47. The lowest BCUT2D eigenvalue weighted by atomic mass is 9.96. The Bertz CT molecular complexity index is 510. The van der Waals surface area contributed by atoms with Crippen molar-refractivity contribution in [2.24, 2.45) is 5.92 Å². The SMILES string of the molecule is CCOC(=O)c1ccc(NC(C)(C(=O)O)C2CC2)nc1. The van der Waals surface area contributed by atoms with E-state index < -0.39 is 17.5 Å². The Labute approximate surface area is 117 Å². The quantitative estimate of drug-likeness (QED) is 0.773. The number of rotatable bonds is 6. The zero-order valence-corrected chi connectivity index (χ0v) is 11.5. The van der Waals surface area contributed by atoms with Gasteiger partial charge in [-0.2, -0.15) is 0 Å². The molecule has 0 aromatic carbocycles. The molecule has 0 aliphatic heterocycles. The lowest BCUT2D eigenvalue weighted by molar-refractivity contribution is -0.142. The molecule has 1 aliphatic carbocycles. The number of nitrogens with one attached hydrogen (secondary N) is 1. The van der Waals surface area contributed by atoms with E-state index in [4.69, 9.17) is 4.74 Å². The molecule has 1 heterocycles. The van der Waals surface area contributed by atoms with Gasteiger partial charge in [0.25, 0.3) is 0 Å². The maximum Gasteiger partial charge on any atom is 0.339 e. The molecule has 0 spiro atoms. The average molecular weight is 278 g/mol. The van der Waals surface area contributed by atoms with Crippen LogP contribution < -0.4 is 5.32 Å². The van der Waals surface area contributed by atoms with Crippen molar-refractivity contribution < 1.29 is 19.4 Å². The van der Waals surface area contributed by atoms with E-state index >= 15 is 0 Å². The van der Waals surface area contributed by atoms with E-state index in [-0.39, 0.29) is 5.92 Å². The van der Waals surface area contributed by atoms with Gasteiger partial charge in [-0.3, -0.25) is 0 Å². The van der Waals surface area contributed by atoms with Crippen LogP contribution in [0.25, 0.3) is 0 Å². The summed E-state index contributed by atoms with van der Waals surface area (Å²) in [7, 11) is 0. The molecule has 0 saturated heterocycles. The van der Waals surface area contributed by atoms with Gasteiger partial charge < -0.3 is 15.2 Å². The van der Waals surface area contributed by atoms with Gasteiger partial charge in [-0.15, -0.1) is 0 Å². The fourth-order valence-corrected chi connectivity index (χ4v) is 2.06. The number of aliphatic carboxylic acids is 1. The molecule has 0 bridgehead atoms. The summed E-state index contributed by atoms with van der Waals surface area (Å²) in [4.78, 5) is 27.0. The lowest BCUT2D eigenvalue weighted by Gasteiger charge is -2.26. The molecule has 0 radical (unpaired) electrons. The van der Waals surface area contributed by atoms with Crippen LogP contribution in [0, 0.1) is 5.92 Å². The van der Waals surface area contributed by atoms with E-state index in [1.165, 1.54) is 6.20 Å². The van der Waals surface area contributed by atoms with Crippen molar-refractivity contribution in [3.05, 3.63) is 23.9 Å². The summed E-state index contributed by atoms with van der Waals surface area (Å²) in [5.41, 5.74) is -0.667. The second kappa shape index (κ2) is 5.48. The maximum absolute atomic E-state index is 11.5. The number of carbonyl (C=O) groups excluding carboxylic acids is 1. The summed E-state index contributed by atoms with van der Waals surface area (Å²) in [6.07, 6.45) is 3.18. The normalized spacial score (nSPS) is 17.1. The van der Waals surface area contributed by atoms with Crippen molar-refractivity contribution in [3.63, 3.8) is 0 Å². The Balaban J connectivity index is 2.10. The van der Waals surface area contributed by atoms with Gasteiger partial charge in [0.15, 0.2) is 0 Å². The van der Waals surface area contributed by atoms with Gasteiger partial charge in [0, 0.05) is 6.20 Å². The molecule has 20 heavy (non-hydrogen) atoms. The number of carboxylic acid groups (broad SMARTS) is 1. The molecule has 1 aliphatic rings. The van der Waals surface area contributed by atoms with Crippen molar-refractivity contribution >= 4 is 17.8 Å². The third kappa shape index (κ3) is 2.89. The number of ether oxygens (including phenoxy) is 1. The van der Waals surface area contributed by atoms with Crippen LogP contribution in [0.3, 0.4) is 0 Å². The number of pyridine rings is 1. The second-order valence-electron chi connectivity index (χ2n) is 5.06. The van der Waals surface area contributed by atoms with Crippen molar-refractivity contribution in [2.75, 3.05) is 11.9 Å². The molecule has 6 nitrogen and oxygen atoms in total. The summed E-state index contributed by atoms with van der Waals surface area (Å²) >= 11 is 0. The monoisotopic (exact) mass is 278 g/mol. The molecule has 0 amide bonds. The van der Waals surface area contributed by atoms with Crippen LogP contribution in [0.15, 0.2) is 18.3 Å². The highest BCUT2D eigenvalue weighted by atomic mass is 16.5. The standard InChI is InChI=1S/C14H18N2O4/c1-3-20-12(17)9-4-7-11(15-8-9)16-14(2,13(18)19)10-5-6-10/h4,7-8,10H,3,5-6H2,1-2H3,(H,15,16)(H,18,19). The molecule has 1 atom stereocenters. The molecule has 1 aromatic heterocycles. The summed E-state index contributed by atoms with van der Waals surface area (Å²) in [6.45, 7) is 3.70. The van der Waals surface area contributed by atoms with Crippen molar-refractivity contribution in [1.29, 1.82) is 0 Å². The first-order valence-electron chi connectivity index (χ1n) is 6.62. The summed E-state index contributed by atoms with van der Waals surface area (Å²) in [5.74, 6) is -0.771. The van der Waals surface area contributed by atoms with Crippen LogP contribution in [0.4, 0.5) is 5.82 Å². The summed E-state index contributed by atoms with van der Waals surface area (Å²) in [5, 5.41) is 12.3. The zero-order valence-electron chi connectivity index (χ0n) is 11.5. The highest BCUT2D eigenvalue weighted by Crippen LogP contribution is 2.41. The van der Waals surface area contributed by atoms with Gasteiger partial charge in [0.1, 0.15) is 11.4 Å². The molecular weight excluding hydrogens is 260 g/mol. The van der Waals surface area contributed by atoms with Gasteiger partial charge in [0.2, 0.25) is 0 Å². The van der Waals surface area contributed by atoms with Gasteiger partial charge in [-0.05, 0) is 44.7 Å². The number of esters is 1. The molecular formula is C14H18N2O4.